The van der Waals surface area contributed by atoms with Crippen molar-refractivity contribution in [2.24, 2.45) is 0 Å². The van der Waals surface area contributed by atoms with Crippen LogP contribution in [0, 0.1) is 0 Å². The van der Waals surface area contributed by atoms with E-state index >= 15 is 0 Å². The molecule has 0 unspecified atom stereocenters. The number of H-pyrrole nitrogens is 1. The number of aromatic nitrogens is 5. The highest BCUT2D eigenvalue weighted by atomic mass is 16.5. The van der Waals surface area contributed by atoms with Crippen molar-refractivity contribution in [1.82, 2.24) is 25.1 Å². The zero-order valence-corrected chi connectivity index (χ0v) is 15.3. The molecule has 146 valence electrons. The number of fused-ring (bicyclic) bond motifs is 1. The van der Waals surface area contributed by atoms with Crippen molar-refractivity contribution in [3.8, 4) is 11.5 Å². The van der Waals surface area contributed by atoms with E-state index in [1.165, 1.54) is 0 Å². The number of morpholine rings is 1. The quantitative estimate of drug-likeness (QED) is 0.494. The number of aromatic amines is 1. The molecule has 1 saturated heterocycles. The molecule has 10 nitrogen and oxygen atoms in total. The van der Waals surface area contributed by atoms with Gasteiger partial charge < -0.3 is 19.0 Å². The van der Waals surface area contributed by atoms with Crippen LogP contribution in [0.15, 0.2) is 40.9 Å². The summed E-state index contributed by atoms with van der Waals surface area (Å²) in [6.45, 7) is 3.25. The van der Waals surface area contributed by atoms with Crippen LogP contribution in [0.5, 0.6) is 0 Å². The zero-order valence-electron chi connectivity index (χ0n) is 15.3. The summed E-state index contributed by atoms with van der Waals surface area (Å²) in [5.41, 5.74) is 3.38. The highest BCUT2D eigenvalue weighted by molar-refractivity contribution is 5.92. The van der Waals surface area contributed by atoms with Crippen molar-refractivity contribution in [3.05, 3.63) is 42.2 Å². The molecule has 4 heterocycles. The minimum atomic E-state index is 0.192. The number of hydrogen-bond donors (Lipinski definition) is 2. The van der Waals surface area contributed by atoms with Gasteiger partial charge in [-0.2, -0.15) is 0 Å². The number of hydrogen-bond acceptors (Lipinski definition) is 9. The second-order valence-corrected chi connectivity index (χ2v) is 6.48. The minimum Gasteiger partial charge on any atom is -0.403 e. The van der Waals surface area contributed by atoms with Crippen molar-refractivity contribution in [3.63, 3.8) is 0 Å². The summed E-state index contributed by atoms with van der Waals surface area (Å²) in [5.74, 6) is 0.779. The molecule has 0 atom stereocenters. The molecular weight excluding hydrogens is 374 g/mol. The largest absolute Gasteiger partial charge is 0.403 e. The van der Waals surface area contributed by atoms with Gasteiger partial charge in [-0.3, -0.25) is 15.1 Å². The maximum Gasteiger partial charge on any atom is 0.322 e. The molecule has 0 bridgehead atoms. The summed E-state index contributed by atoms with van der Waals surface area (Å²) in [6.07, 6.45) is 2.21. The first-order valence-electron chi connectivity index (χ1n) is 9.14. The van der Waals surface area contributed by atoms with E-state index in [9.17, 15) is 4.79 Å². The number of rotatable bonds is 5. The third kappa shape index (κ3) is 3.41. The van der Waals surface area contributed by atoms with Crippen molar-refractivity contribution >= 4 is 35.0 Å². The summed E-state index contributed by atoms with van der Waals surface area (Å²) in [5, 5.41) is 11.0. The van der Waals surface area contributed by atoms with E-state index in [-0.39, 0.29) is 11.7 Å². The fraction of sp³-hybridized carbons (Fsp3) is 0.211. The Morgan fingerprint density at radius 1 is 1.10 bits per heavy atom. The van der Waals surface area contributed by atoms with Gasteiger partial charge in [0.15, 0.2) is 6.29 Å². The number of carbonyl (C=O) groups is 1. The van der Waals surface area contributed by atoms with E-state index in [1.807, 2.05) is 24.3 Å². The van der Waals surface area contributed by atoms with Crippen LogP contribution in [-0.2, 0) is 4.74 Å². The smallest absolute Gasteiger partial charge is 0.322 e. The molecule has 0 radical (unpaired) electrons. The summed E-state index contributed by atoms with van der Waals surface area (Å²) in [7, 11) is 0. The molecule has 5 rings (SSSR count). The monoisotopic (exact) mass is 391 g/mol. The van der Waals surface area contributed by atoms with Crippen LogP contribution in [0.3, 0.4) is 0 Å². The fourth-order valence-corrected chi connectivity index (χ4v) is 3.23. The molecule has 0 saturated carbocycles. The molecule has 0 aliphatic carbocycles. The molecular formula is C19H17N7O3. The second kappa shape index (κ2) is 7.32. The van der Waals surface area contributed by atoms with E-state index in [4.69, 9.17) is 9.15 Å². The molecule has 3 aromatic heterocycles. The van der Waals surface area contributed by atoms with Crippen LogP contribution in [0.25, 0.3) is 22.5 Å². The average Bonchev–Trinajstić information content (AvgIpc) is 3.41. The summed E-state index contributed by atoms with van der Waals surface area (Å²) in [4.78, 5) is 24.7. The molecule has 1 fully saturated rings. The van der Waals surface area contributed by atoms with Crippen molar-refractivity contribution in [2.75, 3.05) is 36.5 Å². The number of pyridine rings is 1. The third-order valence-electron chi connectivity index (χ3n) is 4.68. The Morgan fingerprint density at radius 3 is 2.72 bits per heavy atom. The highest BCUT2D eigenvalue weighted by Gasteiger charge is 2.14. The van der Waals surface area contributed by atoms with E-state index in [2.05, 4.69) is 35.4 Å². The fourth-order valence-electron chi connectivity index (χ4n) is 3.23. The van der Waals surface area contributed by atoms with Crippen molar-refractivity contribution < 1.29 is 13.9 Å². The van der Waals surface area contributed by atoms with E-state index in [0.717, 1.165) is 37.6 Å². The lowest BCUT2D eigenvalue weighted by molar-refractivity contribution is 0.112. The van der Waals surface area contributed by atoms with E-state index in [1.54, 1.807) is 12.3 Å². The van der Waals surface area contributed by atoms with Gasteiger partial charge in [-0.15, -0.1) is 5.10 Å². The van der Waals surface area contributed by atoms with E-state index < -0.39 is 0 Å². The van der Waals surface area contributed by atoms with Gasteiger partial charge >= 0.3 is 6.01 Å². The zero-order chi connectivity index (χ0) is 19.6. The molecule has 10 heteroatoms. The standard InChI is InChI=1S/C19H17N7O3/c27-11-15-16-14(5-6-20-15)21-18(22-16)23-19-25-24-17(29-19)12-1-3-13(4-2-12)26-7-9-28-10-8-26/h1-6,11H,7-10H2,(H2,21,22,23,25). The number of anilines is 3. The topological polar surface area (TPSA) is 122 Å². The molecule has 29 heavy (non-hydrogen) atoms. The maximum absolute atomic E-state index is 11.1. The first-order valence-corrected chi connectivity index (χ1v) is 9.14. The van der Waals surface area contributed by atoms with Crippen LogP contribution in [0.2, 0.25) is 0 Å². The Balaban J connectivity index is 1.33. The average molecular weight is 391 g/mol. The number of imidazole rings is 1. The lowest BCUT2D eigenvalue weighted by Gasteiger charge is -2.28. The SMILES string of the molecule is O=Cc1nccc2[nH]c(Nc3nnc(-c4ccc(N5CCOCC5)cc4)o3)nc12. The number of nitrogens with zero attached hydrogens (tertiary/aromatic N) is 5. The van der Waals surface area contributed by atoms with Crippen molar-refractivity contribution in [1.29, 1.82) is 0 Å². The highest BCUT2D eigenvalue weighted by Crippen LogP contribution is 2.25. The van der Waals surface area contributed by atoms with Gasteiger partial charge in [-0.1, -0.05) is 5.10 Å². The lowest BCUT2D eigenvalue weighted by Crippen LogP contribution is -2.36. The van der Waals surface area contributed by atoms with Gasteiger partial charge in [0.25, 0.3) is 0 Å². The second-order valence-electron chi connectivity index (χ2n) is 6.48. The molecule has 1 aliphatic rings. The Labute approximate surface area is 164 Å². The number of carbonyl (C=O) groups excluding carboxylic acids is 1. The van der Waals surface area contributed by atoms with Gasteiger partial charge in [0.2, 0.25) is 11.8 Å². The van der Waals surface area contributed by atoms with Crippen molar-refractivity contribution in [2.45, 2.75) is 0 Å². The first kappa shape index (κ1) is 17.3. The molecule has 0 spiro atoms. The summed E-state index contributed by atoms with van der Waals surface area (Å²) >= 11 is 0. The van der Waals surface area contributed by atoms with E-state index in [0.29, 0.717) is 29.2 Å². The van der Waals surface area contributed by atoms with Gasteiger partial charge in [0.1, 0.15) is 11.2 Å². The third-order valence-corrected chi connectivity index (χ3v) is 4.68. The maximum atomic E-state index is 11.1. The van der Waals surface area contributed by atoms with Crippen LogP contribution >= 0.6 is 0 Å². The lowest BCUT2D eigenvalue weighted by atomic mass is 10.2. The van der Waals surface area contributed by atoms with Crippen LogP contribution in [0.1, 0.15) is 10.5 Å². The molecule has 0 amide bonds. The first-order chi connectivity index (χ1) is 14.3. The number of benzene rings is 1. The molecule has 4 aromatic rings. The van der Waals surface area contributed by atoms with Gasteiger partial charge in [-0.05, 0) is 30.3 Å². The molecule has 1 aromatic carbocycles. The number of ether oxygens (including phenoxy) is 1. The summed E-state index contributed by atoms with van der Waals surface area (Å²) < 4.78 is 11.1. The predicted octanol–water partition coefficient (Wildman–Crippen LogP) is 2.40. The normalized spacial score (nSPS) is 14.3. The Hall–Kier alpha value is -3.79. The van der Waals surface area contributed by atoms with Crippen LogP contribution < -0.4 is 10.2 Å². The predicted molar refractivity (Wildman–Crippen MR) is 105 cm³/mol. The molecule has 1 aliphatic heterocycles. The van der Waals surface area contributed by atoms with Gasteiger partial charge in [0, 0.05) is 30.5 Å². The molecule has 2 N–H and O–H groups in total. The Kier molecular flexibility index (Phi) is 4.37. The minimum absolute atomic E-state index is 0.192. The Bertz CT molecular complexity index is 1150. The Morgan fingerprint density at radius 2 is 1.93 bits per heavy atom. The van der Waals surface area contributed by atoms with Crippen LogP contribution in [-0.4, -0.2) is 57.7 Å². The van der Waals surface area contributed by atoms with Gasteiger partial charge in [0.05, 0.1) is 18.7 Å². The number of aldehydes is 1. The van der Waals surface area contributed by atoms with Gasteiger partial charge in [-0.25, -0.2) is 4.98 Å². The van der Waals surface area contributed by atoms with Crippen LogP contribution in [0.4, 0.5) is 17.7 Å². The summed E-state index contributed by atoms with van der Waals surface area (Å²) in [6, 6.07) is 9.89. The number of nitrogens with one attached hydrogen (secondary N) is 2.